The fourth-order valence-electron chi connectivity index (χ4n) is 10.8. The molecule has 4 aliphatic rings. The van der Waals surface area contributed by atoms with Crippen LogP contribution in [0.2, 0.25) is 0 Å². The van der Waals surface area contributed by atoms with Crippen LogP contribution in [0.15, 0.2) is 99.6 Å². The van der Waals surface area contributed by atoms with Gasteiger partial charge in [-0.3, -0.25) is 27.8 Å². The summed E-state index contributed by atoms with van der Waals surface area (Å²) in [7, 11) is -17.3. The van der Waals surface area contributed by atoms with Gasteiger partial charge in [-0.25, -0.2) is 4.79 Å². The largest absolute Gasteiger partial charge is 1.00 e. The molecule has 0 spiro atoms. The van der Waals surface area contributed by atoms with Gasteiger partial charge in [0.15, 0.2) is 5.71 Å². The van der Waals surface area contributed by atoms with Crippen LogP contribution in [0.25, 0.3) is 10.8 Å². The Labute approximate surface area is 574 Å². The van der Waals surface area contributed by atoms with Gasteiger partial charge in [-0.1, -0.05) is 43.7 Å². The number of anilines is 2. The number of imide groups is 1. The van der Waals surface area contributed by atoms with Crippen LogP contribution in [0.5, 0.6) is 0 Å². The number of allylic oxidation sites excluding steroid dienone is 8. The van der Waals surface area contributed by atoms with Crippen LogP contribution in [0.3, 0.4) is 0 Å². The van der Waals surface area contributed by atoms with Crippen molar-refractivity contribution in [3.8, 4) is 0 Å². The Morgan fingerprint density at radius 2 is 1.32 bits per heavy atom. The fraction of sp³-hybridized carbons (Fsp3) is 0.472. The van der Waals surface area contributed by atoms with E-state index < -0.39 is 86.3 Å². The van der Waals surface area contributed by atoms with E-state index in [1.165, 1.54) is 12.1 Å². The van der Waals surface area contributed by atoms with Crippen molar-refractivity contribution in [2.45, 2.75) is 120 Å². The summed E-state index contributed by atoms with van der Waals surface area (Å²) in [6, 6.07) is 13.8. The standard InChI is InChI=1S/C53H65ClN4O16S4.4Na/c1-52(2)42-35-39(55(27-9-31-75(62,63)64)28-10-32-76(65,66)67)18-22-43(42)56(30-11-33-77(68,69)70)45(52)23-16-36-12-8-13-37(51(36)54)17-24-46-53(3,4)50-41-20-19-40(78(71,72)73)34-38(41)15-21-44(50)57(46)29-7-5-6-14-49(61)74-58-47(59)25-26-48(58)60;;;;/h15-24,34-35H,5-14,25-33H2,1-4H3,(H3-,62,63,64,65,66,67,68,69,70,71,72,73);;;;/q;4*+1/p+1. The summed E-state index contributed by atoms with van der Waals surface area (Å²) in [6.07, 6.45) is 11.8. The molecule has 4 N–H and O–H groups in total. The van der Waals surface area contributed by atoms with E-state index in [0.717, 1.165) is 56.9 Å². The fourth-order valence-corrected chi connectivity index (χ4v) is 13.1. The number of hydroxylamine groups is 2. The normalized spacial score (nSPS) is 17.9. The van der Waals surface area contributed by atoms with Gasteiger partial charge in [-0.05, 0) is 135 Å². The van der Waals surface area contributed by atoms with Gasteiger partial charge in [0, 0.05) is 90.5 Å². The summed E-state index contributed by atoms with van der Waals surface area (Å²) in [5.74, 6) is -3.31. The van der Waals surface area contributed by atoms with Gasteiger partial charge in [0.05, 0.1) is 27.6 Å². The zero-order valence-electron chi connectivity index (χ0n) is 47.9. The molecule has 0 unspecified atom stereocenters. The smallest absolute Gasteiger partial charge is 0.371 e. The van der Waals surface area contributed by atoms with Crippen molar-refractivity contribution in [1.29, 1.82) is 0 Å². The third-order valence-electron chi connectivity index (χ3n) is 14.6. The Morgan fingerprint density at radius 1 is 0.707 bits per heavy atom. The van der Waals surface area contributed by atoms with Crippen molar-refractivity contribution < 1.29 is 194 Å². The molecule has 0 radical (unpaired) electrons. The third-order valence-corrected chi connectivity index (χ3v) is 18.4. The minimum atomic E-state index is -4.48. The van der Waals surface area contributed by atoms with E-state index in [1.54, 1.807) is 17.0 Å². The van der Waals surface area contributed by atoms with Gasteiger partial charge in [-0.15, -0.1) is 5.06 Å². The van der Waals surface area contributed by atoms with Crippen molar-refractivity contribution in [3.63, 3.8) is 0 Å². The zero-order valence-corrected chi connectivity index (χ0v) is 59.9. The predicted octanol–water partition coefficient (Wildman–Crippen LogP) is -3.87. The van der Waals surface area contributed by atoms with E-state index in [2.05, 4.69) is 18.4 Å². The quantitative estimate of drug-likeness (QED) is 0.0219. The van der Waals surface area contributed by atoms with Gasteiger partial charge < -0.3 is 14.6 Å². The van der Waals surface area contributed by atoms with E-state index in [4.69, 9.17) is 16.4 Å². The number of carbonyl (C=O) groups excluding carboxylic acids is 3. The van der Waals surface area contributed by atoms with Crippen LogP contribution in [-0.4, -0.2) is 128 Å². The molecule has 29 heteroatoms. The molecule has 3 heterocycles. The van der Waals surface area contributed by atoms with Gasteiger partial charge in [0.1, 0.15) is 6.54 Å². The molecule has 0 saturated carbocycles. The summed E-state index contributed by atoms with van der Waals surface area (Å²) in [5, 5.41) is 2.49. The maximum Gasteiger partial charge on any atom is 1.00 e. The molecule has 1 fully saturated rings. The molecule has 0 bridgehead atoms. The Bertz CT molecular complexity index is 3500. The molecule has 0 aromatic heterocycles. The topological polar surface area (TPSA) is 291 Å². The van der Waals surface area contributed by atoms with Crippen molar-refractivity contribution in [2.75, 3.05) is 53.2 Å². The van der Waals surface area contributed by atoms with Crippen LogP contribution in [0.4, 0.5) is 17.1 Å². The van der Waals surface area contributed by atoms with Crippen LogP contribution >= 0.6 is 11.6 Å². The Balaban J connectivity index is 0.00000441. The SMILES string of the molecule is CC1(C)C(/C=C/C2=C(Cl)C(=C/C=C3/N(CCCS(=O)(=O)O)c4ccc(N(CCCS(=O)(=O)O)CCCS(=O)(=O)O)cc4C3(C)C)/CCC2)=[N+](CCCCCC(=O)ON2C(=O)CCC2=O)c2ccc3cc(S(=O)(=O)O)ccc3c21.[Na+].[Na+].[Na+].[Na+]. The van der Waals surface area contributed by atoms with Gasteiger partial charge in [0.2, 0.25) is 5.69 Å². The summed E-state index contributed by atoms with van der Waals surface area (Å²) in [5.41, 5.74) is 6.07. The van der Waals surface area contributed by atoms with Crippen LogP contribution < -0.4 is 128 Å². The average molecular weight is 1270 g/mol. The zero-order chi connectivity index (χ0) is 57.2. The van der Waals surface area contributed by atoms with E-state index in [1.807, 2.05) is 67.3 Å². The average Bonchev–Trinajstić information content (AvgIpc) is 4.11. The minimum Gasteiger partial charge on any atom is -0.371 e. The first-order valence-electron chi connectivity index (χ1n) is 25.6. The maximum absolute atomic E-state index is 12.6. The van der Waals surface area contributed by atoms with Crippen LogP contribution in [0, 0.1) is 0 Å². The number of carbonyl (C=O) groups is 3. The van der Waals surface area contributed by atoms with Crippen molar-refractivity contribution in [3.05, 3.63) is 106 Å². The van der Waals surface area contributed by atoms with E-state index >= 15 is 0 Å². The number of halogens is 1. The van der Waals surface area contributed by atoms with E-state index in [9.17, 15) is 66.3 Å². The molecule has 20 nitrogen and oxygen atoms in total. The second-order valence-electron chi connectivity index (χ2n) is 21.0. The van der Waals surface area contributed by atoms with Gasteiger partial charge in [-0.2, -0.15) is 38.2 Å². The molecule has 3 aliphatic heterocycles. The number of benzene rings is 3. The van der Waals surface area contributed by atoms with Gasteiger partial charge >= 0.3 is 124 Å². The summed E-state index contributed by atoms with van der Waals surface area (Å²) in [4.78, 5) is 45.1. The third kappa shape index (κ3) is 19.1. The first kappa shape index (κ1) is 74.9. The predicted molar refractivity (Wildman–Crippen MR) is 296 cm³/mol. The molecule has 3 aromatic rings. The van der Waals surface area contributed by atoms with Crippen molar-refractivity contribution in [2.24, 2.45) is 0 Å². The molecule has 82 heavy (non-hydrogen) atoms. The molecular formula is C53H66ClN4Na4O16S4+5. The summed E-state index contributed by atoms with van der Waals surface area (Å²) < 4.78 is 135. The molecule has 0 atom stereocenters. The second kappa shape index (κ2) is 30.7. The number of nitrogens with zero attached hydrogens (tertiary/aromatic N) is 4. The summed E-state index contributed by atoms with van der Waals surface area (Å²) in [6.45, 7) is 9.12. The number of fused-ring (bicyclic) bond motifs is 4. The number of hydrogen-bond acceptors (Lipinski definition) is 14. The number of hydrogen-bond donors (Lipinski definition) is 4. The summed E-state index contributed by atoms with van der Waals surface area (Å²) >= 11 is 7.33. The molecule has 1 saturated heterocycles. The van der Waals surface area contributed by atoms with Crippen LogP contribution in [-0.2, 0) is 70.5 Å². The number of rotatable bonds is 24. The Hall–Kier alpha value is -1.31. The van der Waals surface area contributed by atoms with Gasteiger partial charge in [0.25, 0.3) is 52.3 Å². The van der Waals surface area contributed by atoms with E-state index in [-0.39, 0.29) is 181 Å². The monoisotopic (exact) mass is 1270 g/mol. The maximum atomic E-state index is 12.6. The second-order valence-corrected chi connectivity index (χ2v) is 27.5. The Morgan fingerprint density at radius 3 is 1.91 bits per heavy atom. The molecule has 1 aliphatic carbocycles. The van der Waals surface area contributed by atoms with Crippen molar-refractivity contribution >= 4 is 103 Å². The molecule has 424 valence electrons. The Kier molecular flexibility index (Phi) is 28.1. The number of amides is 2. The van der Waals surface area contributed by atoms with Crippen molar-refractivity contribution in [1.82, 2.24) is 5.06 Å². The molecule has 2 amide bonds. The first-order chi connectivity index (χ1) is 36.4. The molecule has 3 aromatic carbocycles. The number of unbranched alkanes of at least 4 members (excludes halogenated alkanes) is 2. The first-order valence-corrected chi connectivity index (χ1v) is 32.3. The molecule has 7 rings (SSSR count). The van der Waals surface area contributed by atoms with E-state index in [0.29, 0.717) is 59.8 Å². The minimum absolute atomic E-state index is 0. The van der Waals surface area contributed by atoms with Crippen LogP contribution in [0.1, 0.15) is 116 Å². The molecular weight excluding hydrogens is 1200 g/mol.